The van der Waals surface area contributed by atoms with Crippen LogP contribution < -0.4 is 14.4 Å². The van der Waals surface area contributed by atoms with Gasteiger partial charge in [-0.05, 0) is 24.3 Å². The molecule has 0 aliphatic carbocycles. The number of ether oxygens (including phenoxy) is 2. The summed E-state index contributed by atoms with van der Waals surface area (Å²) >= 11 is 11.1. The Morgan fingerprint density at radius 3 is 2.52 bits per heavy atom. The van der Waals surface area contributed by atoms with Crippen molar-refractivity contribution in [2.45, 2.75) is 11.3 Å². The molecule has 0 bridgehead atoms. The Labute approximate surface area is 211 Å². The minimum Gasteiger partial charge on any atom is -0.497 e. The Morgan fingerprint density at radius 1 is 1.09 bits per heavy atom. The van der Waals surface area contributed by atoms with Crippen LogP contribution in [-0.4, -0.2) is 58.1 Å². The van der Waals surface area contributed by atoms with Gasteiger partial charge in [0.05, 0.1) is 24.9 Å². The van der Waals surface area contributed by atoms with Gasteiger partial charge in [-0.15, -0.1) is 11.3 Å². The molecule has 33 heavy (non-hydrogen) atoms. The molecule has 2 heterocycles. The van der Waals surface area contributed by atoms with Crippen molar-refractivity contribution in [3.8, 4) is 11.5 Å². The summed E-state index contributed by atoms with van der Waals surface area (Å²) in [5.41, 5.74) is 1.97. The molecule has 3 aromatic rings. The predicted octanol–water partition coefficient (Wildman–Crippen LogP) is 4.68. The summed E-state index contributed by atoms with van der Waals surface area (Å²) in [6.07, 6.45) is 0.639. The predicted molar refractivity (Wildman–Crippen MR) is 135 cm³/mol. The second-order valence-electron chi connectivity index (χ2n) is 7.44. The minimum absolute atomic E-state index is 0.130. The molecule has 1 aliphatic rings. The van der Waals surface area contributed by atoms with E-state index >= 15 is 0 Å². The Balaban J connectivity index is 1.42. The zero-order valence-corrected chi connectivity index (χ0v) is 22.1. The average molecular weight is 573 g/mol. The maximum absolute atomic E-state index is 13.0. The van der Waals surface area contributed by atoms with Gasteiger partial charge < -0.3 is 14.4 Å². The summed E-state index contributed by atoms with van der Waals surface area (Å²) < 4.78 is 39.1. The van der Waals surface area contributed by atoms with Crippen LogP contribution in [0.5, 0.6) is 11.5 Å². The number of aromatic nitrogens is 1. The third-order valence-corrected chi connectivity index (χ3v) is 9.25. The van der Waals surface area contributed by atoms with Crippen molar-refractivity contribution in [2.24, 2.45) is 0 Å². The molecule has 0 radical (unpaired) electrons. The largest absolute Gasteiger partial charge is 0.497 e. The van der Waals surface area contributed by atoms with Crippen molar-refractivity contribution in [2.75, 3.05) is 45.3 Å². The first-order valence-corrected chi connectivity index (χ1v) is 13.7. The van der Waals surface area contributed by atoms with E-state index in [1.165, 1.54) is 10.4 Å². The fraction of sp³-hybridized carbons (Fsp3) is 0.318. The number of nitrogens with zero attached hydrogens (tertiary/aromatic N) is 3. The number of benzene rings is 2. The van der Waals surface area contributed by atoms with Crippen LogP contribution in [0, 0.1) is 0 Å². The van der Waals surface area contributed by atoms with E-state index < -0.39 is 10.0 Å². The molecule has 0 saturated carbocycles. The lowest BCUT2D eigenvalue weighted by Gasteiger charge is -2.34. The first-order valence-electron chi connectivity index (χ1n) is 10.2. The molecule has 0 spiro atoms. The number of sulfonamides is 1. The molecular weight excluding hydrogens is 550 g/mol. The third kappa shape index (κ3) is 5.30. The van der Waals surface area contributed by atoms with E-state index in [1.54, 1.807) is 37.7 Å². The van der Waals surface area contributed by atoms with E-state index in [4.69, 9.17) is 26.1 Å². The molecule has 1 saturated heterocycles. The van der Waals surface area contributed by atoms with E-state index in [9.17, 15) is 8.42 Å². The van der Waals surface area contributed by atoms with Crippen LogP contribution in [0.4, 0.5) is 5.13 Å². The van der Waals surface area contributed by atoms with Crippen molar-refractivity contribution < 1.29 is 17.9 Å². The number of piperazine rings is 1. The Morgan fingerprint density at radius 2 is 1.85 bits per heavy atom. The maximum Gasteiger partial charge on any atom is 0.244 e. The van der Waals surface area contributed by atoms with Gasteiger partial charge in [0, 0.05) is 54.1 Å². The number of hydrogen-bond acceptors (Lipinski definition) is 7. The topological polar surface area (TPSA) is 72.0 Å². The monoisotopic (exact) mass is 571 g/mol. The van der Waals surface area contributed by atoms with Crippen LogP contribution in [-0.2, 0) is 16.4 Å². The quantitative estimate of drug-likeness (QED) is 0.410. The van der Waals surface area contributed by atoms with Crippen molar-refractivity contribution in [1.82, 2.24) is 9.29 Å². The van der Waals surface area contributed by atoms with Gasteiger partial charge in [-0.25, -0.2) is 13.4 Å². The van der Waals surface area contributed by atoms with Crippen LogP contribution in [0.1, 0.15) is 11.3 Å². The van der Waals surface area contributed by atoms with E-state index in [0.29, 0.717) is 32.6 Å². The SMILES string of the molecule is COc1ccc(Cc2csc(N3CCN(S(=O)(=O)c4ccc(Br)cc4Cl)CC3)n2)c(OC)c1. The molecule has 0 atom stereocenters. The van der Waals surface area contributed by atoms with Gasteiger partial charge in [-0.3, -0.25) is 0 Å². The summed E-state index contributed by atoms with van der Waals surface area (Å²) in [5, 5.41) is 3.13. The normalized spacial score (nSPS) is 15.0. The fourth-order valence-corrected chi connectivity index (χ4v) is 6.97. The number of rotatable bonds is 7. The zero-order valence-electron chi connectivity index (χ0n) is 18.1. The van der Waals surface area contributed by atoms with E-state index in [1.807, 2.05) is 23.6 Å². The van der Waals surface area contributed by atoms with Crippen LogP contribution >= 0.6 is 38.9 Å². The maximum atomic E-state index is 13.0. The smallest absolute Gasteiger partial charge is 0.244 e. The summed E-state index contributed by atoms with van der Waals surface area (Å²) in [4.78, 5) is 7.03. The Hall–Kier alpha value is -1.85. The first kappa shape index (κ1) is 24.3. The summed E-state index contributed by atoms with van der Waals surface area (Å²) in [7, 11) is -0.388. The number of thiazole rings is 1. The molecule has 1 aliphatic heterocycles. The highest BCUT2D eigenvalue weighted by atomic mass is 79.9. The number of hydrogen-bond donors (Lipinski definition) is 0. The summed E-state index contributed by atoms with van der Waals surface area (Å²) in [5.74, 6) is 1.50. The lowest BCUT2D eigenvalue weighted by molar-refractivity contribution is 0.384. The first-order chi connectivity index (χ1) is 15.8. The molecule has 0 unspecified atom stereocenters. The van der Waals surface area contributed by atoms with Gasteiger partial charge in [0.25, 0.3) is 0 Å². The second-order valence-corrected chi connectivity index (χ2v) is 11.5. The molecule has 4 rings (SSSR count). The van der Waals surface area contributed by atoms with E-state index in [-0.39, 0.29) is 9.92 Å². The molecule has 0 N–H and O–H groups in total. The van der Waals surface area contributed by atoms with Crippen LogP contribution in [0.2, 0.25) is 5.02 Å². The number of methoxy groups -OCH3 is 2. The lowest BCUT2D eigenvalue weighted by atomic mass is 10.1. The zero-order chi connectivity index (χ0) is 23.6. The van der Waals surface area contributed by atoms with E-state index in [0.717, 1.165) is 32.4 Å². The summed E-state index contributed by atoms with van der Waals surface area (Å²) in [6, 6.07) is 10.6. The Bertz CT molecular complexity index is 1240. The van der Waals surface area contributed by atoms with Crippen LogP contribution in [0.15, 0.2) is 51.1 Å². The Kier molecular flexibility index (Phi) is 7.49. The summed E-state index contributed by atoms with van der Waals surface area (Å²) in [6.45, 7) is 1.87. The lowest BCUT2D eigenvalue weighted by Crippen LogP contribution is -2.48. The van der Waals surface area contributed by atoms with Gasteiger partial charge in [0.1, 0.15) is 16.4 Å². The standard InChI is InChI=1S/C22H23BrClN3O4S2/c1-30-18-5-3-15(20(13-18)31-2)11-17-14-32-22(25-17)26-7-9-27(10-8-26)33(28,29)21-6-4-16(23)12-19(21)24/h3-6,12-14H,7-11H2,1-2H3. The second kappa shape index (κ2) is 10.2. The molecule has 0 amide bonds. The van der Waals surface area contributed by atoms with Crippen LogP contribution in [0.25, 0.3) is 0 Å². The van der Waals surface area contributed by atoms with Gasteiger partial charge in [0.2, 0.25) is 10.0 Å². The average Bonchev–Trinajstić information content (AvgIpc) is 3.27. The van der Waals surface area contributed by atoms with Crippen molar-refractivity contribution in [1.29, 1.82) is 0 Å². The third-order valence-electron chi connectivity index (χ3n) is 5.43. The molecule has 11 heteroatoms. The van der Waals surface area contributed by atoms with Gasteiger partial charge >= 0.3 is 0 Å². The number of anilines is 1. The number of halogens is 2. The molecule has 1 fully saturated rings. The van der Waals surface area contributed by atoms with E-state index in [2.05, 4.69) is 20.8 Å². The van der Waals surface area contributed by atoms with Crippen LogP contribution in [0.3, 0.4) is 0 Å². The highest BCUT2D eigenvalue weighted by Crippen LogP contribution is 2.31. The molecule has 7 nitrogen and oxygen atoms in total. The van der Waals surface area contributed by atoms with Crippen molar-refractivity contribution >= 4 is 54.0 Å². The van der Waals surface area contributed by atoms with Gasteiger partial charge in [-0.1, -0.05) is 33.6 Å². The molecule has 176 valence electrons. The highest BCUT2D eigenvalue weighted by Gasteiger charge is 2.31. The molecule has 2 aromatic carbocycles. The molecular formula is C22H23BrClN3O4S2. The minimum atomic E-state index is -3.65. The van der Waals surface area contributed by atoms with Gasteiger partial charge in [-0.2, -0.15) is 4.31 Å². The fourth-order valence-electron chi connectivity index (χ4n) is 3.66. The molecule has 1 aromatic heterocycles. The highest BCUT2D eigenvalue weighted by molar-refractivity contribution is 9.10. The van der Waals surface area contributed by atoms with Crippen molar-refractivity contribution in [3.63, 3.8) is 0 Å². The van der Waals surface area contributed by atoms with Gasteiger partial charge in [0.15, 0.2) is 5.13 Å². The van der Waals surface area contributed by atoms with Crippen molar-refractivity contribution in [3.05, 3.63) is 62.5 Å².